The van der Waals surface area contributed by atoms with Crippen LogP contribution in [0.25, 0.3) is 22.0 Å². The first-order valence-corrected chi connectivity index (χ1v) is 13.7. The van der Waals surface area contributed by atoms with Gasteiger partial charge in [-0.05, 0) is 71.7 Å². The summed E-state index contributed by atoms with van der Waals surface area (Å²) < 4.78 is 7.03. The second-order valence-electron chi connectivity index (χ2n) is 9.05. The largest absolute Gasteiger partial charge is 0.421 e. The molecule has 194 valence electrons. The van der Waals surface area contributed by atoms with E-state index in [1.165, 1.54) is 6.21 Å². The summed E-state index contributed by atoms with van der Waals surface area (Å²) in [7, 11) is 0. The van der Waals surface area contributed by atoms with Crippen molar-refractivity contribution in [3.05, 3.63) is 122 Å². The molecule has 5 aromatic rings. The van der Waals surface area contributed by atoms with Crippen LogP contribution in [0.5, 0.6) is 5.75 Å². The van der Waals surface area contributed by atoms with Crippen molar-refractivity contribution in [2.75, 3.05) is 0 Å². The Labute approximate surface area is 242 Å². The van der Waals surface area contributed by atoms with E-state index in [0.29, 0.717) is 21.3 Å². The molecule has 0 spiro atoms. The lowest BCUT2D eigenvalue weighted by Gasteiger charge is -2.11. The molecule has 6 nitrogen and oxygen atoms in total. The number of aromatic amines is 1. The van der Waals surface area contributed by atoms with E-state index < -0.39 is 11.9 Å². The van der Waals surface area contributed by atoms with Crippen molar-refractivity contribution < 1.29 is 14.3 Å². The summed E-state index contributed by atoms with van der Waals surface area (Å²) in [5.41, 5.74) is 8.58. The lowest BCUT2D eigenvalue weighted by molar-refractivity contribution is 0.0732. The molecule has 0 aliphatic rings. The molecule has 0 aliphatic heterocycles. The first-order chi connectivity index (χ1) is 18.8. The third-order valence-corrected chi connectivity index (χ3v) is 7.15. The number of esters is 1. The number of aryl methyl sites for hydroxylation is 2. The Kier molecular flexibility index (Phi) is 7.77. The predicted molar refractivity (Wildman–Crippen MR) is 162 cm³/mol. The van der Waals surface area contributed by atoms with Gasteiger partial charge in [-0.25, -0.2) is 10.2 Å². The summed E-state index contributed by atoms with van der Waals surface area (Å²) >= 11 is 6.93. The van der Waals surface area contributed by atoms with Crippen LogP contribution in [0, 0.1) is 13.8 Å². The zero-order chi connectivity index (χ0) is 27.5. The zero-order valence-electron chi connectivity index (χ0n) is 21.1. The highest BCUT2D eigenvalue weighted by atomic mass is 79.9. The number of benzene rings is 4. The van der Waals surface area contributed by atoms with Gasteiger partial charge >= 0.3 is 5.97 Å². The second kappa shape index (κ2) is 11.4. The number of hydrogen-bond acceptors (Lipinski definition) is 4. The Hall–Kier alpha value is -4.01. The van der Waals surface area contributed by atoms with E-state index in [1.807, 2.05) is 62.4 Å². The van der Waals surface area contributed by atoms with Gasteiger partial charge in [0.1, 0.15) is 5.69 Å². The third-order valence-electron chi connectivity index (χ3n) is 6.10. The lowest BCUT2D eigenvalue weighted by atomic mass is 10.0. The highest BCUT2D eigenvalue weighted by Gasteiger charge is 2.20. The number of carbonyl (C=O) groups excluding carboxylic acids is 2. The van der Waals surface area contributed by atoms with Crippen molar-refractivity contribution >= 4 is 60.9 Å². The average Bonchev–Trinajstić information content (AvgIpc) is 3.29. The van der Waals surface area contributed by atoms with Crippen LogP contribution in [0.2, 0.25) is 0 Å². The molecule has 0 radical (unpaired) electrons. The number of carbonyl (C=O) groups is 2. The van der Waals surface area contributed by atoms with Gasteiger partial charge in [0, 0.05) is 26.5 Å². The Bertz CT molecular complexity index is 1740. The molecule has 0 aliphatic carbocycles. The van der Waals surface area contributed by atoms with Crippen molar-refractivity contribution in [2.45, 2.75) is 13.8 Å². The van der Waals surface area contributed by atoms with E-state index in [-0.39, 0.29) is 5.75 Å². The van der Waals surface area contributed by atoms with Crippen LogP contribution in [-0.4, -0.2) is 23.1 Å². The smallest absolute Gasteiger partial charge is 0.343 e. The predicted octanol–water partition coefficient (Wildman–Crippen LogP) is 7.96. The maximum absolute atomic E-state index is 13.3. The summed E-state index contributed by atoms with van der Waals surface area (Å²) in [4.78, 5) is 29.4. The van der Waals surface area contributed by atoms with Gasteiger partial charge in [-0.2, -0.15) is 5.10 Å². The fourth-order valence-corrected chi connectivity index (χ4v) is 5.64. The molecule has 1 heterocycles. The highest BCUT2D eigenvalue weighted by Crippen LogP contribution is 2.34. The second-order valence-corrected chi connectivity index (χ2v) is 10.8. The fourth-order valence-electron chi connectivity index (χ4n) is 4.30. The van der Waals surface area contributed by atoms with E-state index in [1.54, 1.807) is 30.3 Å². The monoisotopic (exact) mass is 643 g/mol. The molecule has 1 aromatic heterocycles. The van der Waals surface area contributed by atoms with Gasteiger partial charge in [0.15, 0.2) is 5.75 Å². The van der Waals surface area contributed by atoms with Crippen LogP contribution in [-0.2, 0) is 0 Å². The molecular formula is C31H23Br2N3O3. The van der Waals surface area contributed by atoms with Gasteiger partial charge in [0.05, 0.1) is 16.3 Å². The SMILES string of the molecule is Cc1cccc(C(=O)Oc2c(Br)cc(Br)cc2C=NNC(=O)c2[nH]c3ccc(C)cc3c2-c2ccccc2)c1. The summed E-state index contributed by atoms with van der Waals surface area (Å²) in [6.45, 7) is 3.93. The first-order valence-electron chi connectivity index (χ1n) is 12.1. The highest BCUT2D eigenvalue weighted by molar-refractivity contribution is 9.11. The van der Waals surface area contributed by atoms with Crippen LogP contribution < -0.4 is 10.2 Å². The van der Waals surface area contributed by atoms with Gasteiger partial charge in [-0.3, -0.25) is 4.79 Å². The van der Waals surface area contributed by atoms with E-state index >= 15 is 0 Å². The van der Waals surface area contributed by atoms with Gasteiger partial charge in [-0.15, -0.1) is 0 Å². The van der Waals surface area contributed by atoms with Gasteiger partial charge in [-0.1, -0.05) is 75.6 Å². The molecule has 0 saturated carbocycles. The summed E-state index contributed by atoms with van der Waals surface area (Å²) in [5.74, 6) is -0.610. The quantitative estimate of drug-likeness (QED) is 0.0851. The van der Waals surface area contributed by atoms with Crippen molar-refractivity contribution in [3.63, 3.8) is 0 Å². The minimum absolute atomic E-state index is 0.286. The van der Waals surface area contributed by atoms with Crippen molar-refractivity contribution in [1.82, 2.24) is 10.4 Å². The molecular weight excluding hydrogens is 622 g/mol. The number of rotatable bonds is 6. The number of nitrogens with zero attached hydrogens (tertiary/aromatic N) is 1. The van der Waals surface area contributed by atoms with Gasteiger partial charge in [0.25, 0.3) is 5.91 Å². The summed E-state index contributed by atoms with van der Waals surface area (Å²) in [6.07, 6.45) is 1.45. The first kappa shape index (κ1) is 26.6. The van der Waals surface area contributed by atoms with Gasteiger partial charge in [0.2, 0.25) is 0 Å². The minimum atomic E-state index is -0.499. The van der Waals surface area contributed by atoms with Crippen LogP contribution in [0.4, 0.5) is 0 Å². The number of hydrazone groups is 1. The zero-order valence-corrected chi connectivity index (χ0v) is 24.3. The molecule has 0 unspecified atom stereocenters. The molecule has 0 bridgehead atoms. The van der Waals surface area contributed by atoms with Crippen LogP contribution in [0.1, 0.15) is 37.5 Å². The lowest BCUT2D eigenvalue weighted by Crippen LogP contribution is -2.19. The number of halogens is 2. The van der Waals surface area contributed by atoms with E-state index in [0.717, 1.165) is 37.6 Å². The number of ether oxygens (including phenoxy) is 1. The maximum Gasteiger partial charge on any atom is 0.343 e. The molecule has 4 aromatic carbocycles. The van der Waals surface area contributed by atoms with Gasteiger partial charge < -0.3 is 9.72 Å². The number of aromatic nitrogens is 1. The average molecular weight is 645 g/mol. The van der Waals surface area contributed by atoms with Crippen molar-refractivity contribution in [1.29, 1.82) is 0 Å². The Morgan fingerprint density at radius 3 is 2.44 bits per heavy atom. The Morgan fingerprint density at radius 1 is 0.897 bits per heavy atom. The minimum Gasteiger partial charge on any atom is -0.421 e. The molecule has 0 saturated heterocycles. The summed E-state index contributed by atoms with van der Waals surface area (Å²) in [5, 5.41) is 5.16. The molecule has 5 rings (SSSR count). The number of hydrogen-bond donors (Lipinski definition) is 2. The Balaban J connectivity index is 1.44. The van der Waals surface area contributed by atoms with E-state index in [9.17, 15) is 9.59 Å². The van der Waals surface area contributed by atoms with E-state index in [2.05, 4.69) is 53.4 Å². The molecule has 8 heteroatoms. The molecule has 0 fully saturated rings. The number of H-pyrrole nitrogens is 1. The number of fused-ring (bicyclic) bond motifs is 1. The topological polar surface area (TPSA) is 83.5 Å². The molecule has 0 atom stereocenters. The summed E-state index contributed by atoms with van der Waals surface area (Å²) in [6, 6.07) is 26.5. The van der Waals surface area contributed by atoms with Crippen molar-refractivity contribution in [2.24, 2.45) is 5.10 Å². The van der Waals surface area contributed by atoms with Crippen LogP contribution in [0.3, 0.4) is 0 Å². The fraction of sp³-hybridized carbons (Fsp3) is 0.0645. The molecule has 39 heavy (non-hydrogen) atoms. The third kappa shape index (κ3) is 5.87. The maximum atomic E-state index is 13.3. The normalized spacial score (nSPS) is 11.2. The van der Waals surface area contributed by atoms with Crippen LogP contribution >= 0.6 is 31.9 Å². The molecule has 2 N–H and O–H groups in total. The van der Waals surface area contributed by atoms with E-state index in [4.69, 9.17) is 4.74 Å². The number of amides is 1. The van der Waals surface area contributed by atoms with Crippen molar-refractivity contribution in [3.8, 4) is 16.9 Å². The molecule has 1 amide bonds. The standard InChI is InChI=1S/C31H23Br2N3O3/c1-18-7-6-10-21(13-18)31(38)39-29-22(15-23(32)16-25(29)33)17-34-36-30(37)28-27(20-8-4-3-5-9-20)24-14-19(2)11-12-26(24)35-28/h3-17,35H,1-2H3,(H,36,37). The number of nitrogens with one attached hydrogen (secondary N) is 2. The Morgan fingerprint density at radius 2 is 1.67 bits per heavy atom. The van der Waals surface area contributed by atoms with Crippen LogP contribution in [0.15, 0.2) is 99.0 Å².